The lowest BCUT2D eigenvalue weighted by Crippen LogP contribution is -2.31. The maximum atomic E-state index is 12.2. The van der Waals surface area contributed by atoms with E-state index in [9.17, 15) is 9.59 Å². The van der Waals surface area contributed by atoms with Gasteiger partial charge in [-0.1, -0.05) is 18.2 Å². The standard InChI is InChI=1S/C13H13N3O3/c1-3-19-13(18)11-12(17)16(15-9(2)14-11)10-7-5-4-6-8-10/h4-8H,3H2,1-2H3. The third-order valence-corrected chi connectivity index (χ3v) is 2.38. The van der Waals surface area contributed by atoms with E-state index in [4.69, 9.17) is 4.74 Å². The van der Waals surface area contributed by atoms with E-state index in [1.165, 1.54) is 0 Å². The van der Waals surface area contributed by atoms with Crippen LogP contribution in [-0.2, 0) is 4.74 Å². The predicted octanol–water partition coefficient (Wildman–Crippen LogP) is 1.11. The summed E-state index contributed by atoms with van der Waals surface area (Å²) in [5, 5.41) is 4.03. The summed E-state index contributed by atoms with van der Waals surface area (Å²) < 4.78 is 5.96. The van der Waals surface area contributed by atoms with Crippen LogP contribution in [0.2, 0.25) is 0 Å². The zero-order valence-electron chi connectivity index (χ0n) is 10.7. The van der Waals surface area contributed by atoms with Crippen LogP contribution in [0.3, 0.4) is 0 Å². The van der Waals surface area contributed by atoms with Crippen molar-refractivity contribution >= 4 is 5.97 Å². The summed E-state index contributed by atoms with van der Waals surface area (Å²) in [5.41, 5.74) is -0.267. The fourth-order valence-corrected chi connectivity index (χ4v) is 1.60. The Labute approximate surface area is 109 Å². The van der Waals surface area contributed by atoms with Crippen LogP contribution in [0.25, 0.3) is 5.69 Å². The van der Waals surface area contributed by atoms with Gasteiger partial charge >= 0.3 is 11.5 Å². The monoisotopic (exact) mass is 259 g/mol. The molecular weight excluding hydrogens is 246 g/mol. The SMILES string of the molecule is CCOC(=O)c1nc(C)nn(-c2ccccc2)c1=O. The molecule has 0 radical (unpaired) electrons. The average Bonchev–Trinajstić information content (AvgIpc) is 2.42. The molecule has 1 heterocycles. The van der Waals surface area contributed by atoms with Crippen molar-refractivity contribution in [2.24, 2.45) is 0 Å². The van der Waals surface area contributed by atoms with Crippen LogP contribution < -0.4 is 5.56 Å². The van der Waals surface area contributed by atoms with Gasteiger partial charge in [-0.05, 0) is 26.0 Å². The van der Waals surface area contributed by atoms with Gasteiger partial charge in [-0.15, -0.1) is 5.10 Å². The molecule has 0 saturated carbocycles. The molecule has 0 spiro atoms. The van der Waals surface area contributed by atoms with Crippen molar-refractivity contribution in [1.29, 1.82) is 0 Å². The van der Waals surface area contributed by atoms with Crippen LogP contribution >= 0.6 is 0 Å². The summed E-state index contributed by atoms with van der Waals surface area (Å²) in [5.74, 6) is -0.408. The van der Waals surface area contributed by atoms with Crippen molar-refractivity contribution in [3.8, 4) is 5.69 Å². The van der Waals surface area contributed by atoms with Gasteiger partial charge < -0.3 is 4.74 Å². The highest BCUT2D eigenvalue weighted by Gasteiger charge is 2.18. The normalized spacial score (nSPS) is 10.2. The fraction of sp³-hybridized carbons (Fsp3) is 0.231. The second kappa shape index (κ2) is 5.43. The largest absolute Gasteiger partial charge is 0.461 e. The van der Waals surface area contributed by atoms with E-state index in [-0.39, 0.29) is 12.3 Å². The Morgan fingerprint density at radius 2 is 2.00 bits per heavy atom. The number of benzene rings is 1. The van der Waals surface area contributed by atoms with Crippen LogP contribution in [-0.4, -0.2) is 27.3 Å². The molecule has 0 saturated heterocycles. The number of carbonyl (C=O) groups is 1. The molecule has 1 aromatic heterocycles. The fourth-order valence-electron chi connectivity index (χ4n) is 1.60. The Morgan fingerprint density at radius 1 is 1.32 bits per heavy atom. The van der Waals surface area contributed by atoms with Crippen LogP contribution in [0.1, 0.15) is 23.2 Å². The van der Waals surface area contributed by atoms with Crippen molar-refractivity contribution < 1.29 is 9.53 Å². The number of hydrogen-bond acceptors (Lipinski definition) is 5. The van der Waals surface area contributed by atoms with Crippen molar-refractivity contribution in [2.45, 2.75) is 13.8 Å². The second-order valence-corrected chi connectivity index (χ2v) is 3.78. The lowest BCUT2D eigenvalue weighted by molar-refractivity contribution is 0.0515. The molecule has 0 aliphatic rings. The summed E-state index contributed by atoms with van der Waals surface area (Å²) >= 11 is 0. The molecule has 2 rings (SSSR count). The van der Waals surface area contributed by atoms with Crippen LogP contribution in [0.4, 0.5) is 0 Å². The van der Waals surface area contributed by atoms with E-state index in [2.05, 4.69) is 10.1 Å². The summed E-state index contributed by atoms with van der Waals surface area (Å²) in [6, 6.07) is 8.84. The molecule has 0 bridgehead atoms. The third kappa shape index (κ3) is 2.67. The number of nitrogens with zero attached hydrogens (tertiary/aromatic N) is 3. The van der Waals surface area contributed by atoms with Crippen molar-refractivity contribution in [3.05, 3.63) is 52.2 Å². The molecule has 0 fully saturated rings. The molecule has 1 aromatic carbocycles. The molecule has 2 aromatic rings. The minimum Gasteiger partial charge on any atom is -0.461 e. The first-order valence-corrected chi connectivity index (χ1v) is 5.84. The van der Waals surface area contributed by atoms with Gasteiger partial charge in [-0.2, -0.15) is 4.68 Å². The molecule has 98 valence electrons. The Bertz CT molecular complexity index is 650. The van der Waals surface area contributed by atoms with Gasteiger partial charge in [0, 0.05) is 0 Å². The highest BCUT2D eigenvalue weighted by Crippen LogP contribution is 2.03. The first kappa shape index (κ1) is 12.9. The molecule has 0 N–H and O–H groups in total. The molecular formula is C13H13N3O3. The van der Waals surface area contributed by atoms with Crippen LogP contribution in [0.15, 0.2) is 35.1 Å². The molecule has 6 heteroatoms. The molecule has 0 amide bonds. The number of esters is 1. The summed E-state index contributed by atoms with van der Waals surface area (Å²) in [7, 11) is 0. The molecule has 0 atom stereocenters. The average molecular weight is 259 g/mol. The second-order valence-electron chi connectivity index (χ2n) is 3.78. The molecule has 0 unspecified atom stereocenters. The lowest BCUT2D eigenvalue weighted by Gasteiger charge is -2.07. The van der Waals surface area contributed by atoms with Gasteiger partial charge in [-0.3, -0.25) is 4.79 Å². The van der Waals surface area contributed by atoms with Crippen LogP contribution in [0.5, 0.6) is 0 Å². The van der Waals surface area contributed by atoms with Gasteiger partial charge in [0.1, 0.15) is 5.82 Å². The third-order valence-electron chi connectivity index (χ3n) is 2.38. The van der Waals surface area contributed by atoms with Gasteiger partial charge in [0.25, 0.3) is 0 Å². The van der Waals surface area contributed by atoms with Gasteiger partial charge in [0.2, 0.25) is 5.69 Å². The van der Waals surface area contributed by atoms with E-state index in [1.54, 1.807) is 38.1 Å². The van der Waals surface area contributed by atoms with E-state index in [0.717, 1.165) is 4.68 Å². The molecule has 0 aliphatic carbocycles. The van der Waals surface area contributed by atoms with E-state index in [1.807, 2.05) is 6.07 Å². The number of rotatable bonds is 3. The summed E-state index contributed by atoms with van der Waals surface area (Å²) in [4.78, 5) is 27.7. The zero-order valence-corrected chi connectivity index (χ0v) is 10.7. The van der Waals surface area contributed by atoms with Crippen molar-refractivity contribution in [2.75, 3.05) is 6.61 Å². The Morgan fingerprint density at radius 3 is 2.63 bits per heavy atom. The highest BCUT2D eigenvalue weighted by atomic mass is 16.5. The number of aryl methyl sites for hydroxylation is 1. The number of ether oxygens (including phenoxy) is 1. The maximum Gasteiger partial charge on any atom is 0.362 e. The predicted molar refractivity (Wildman–Crippen MR) is 68.3 cm³/mol. The first-order valence-electron chi connectivity index (χ1n) is 5.84. The quantitative estimate of drug-likeness (QED) is 0.772. The Kier molecular flexibility index (Phi) is 3.70. The number of carbonyl (C=O) groups excluding carboxylic acids is 1. The van der Waals surface area contributed by atoms with Gasteiger partial charge in [-0.25, -0.2) is 9.78 Å². The van der Waals surface area contributed by atoms with E-state index < -0.39 is 11.5 Å². The zero-order chi connectivity index (χ0) is 13.8. The highest BCUT2D eigenvalue weighted by molar-refractivity contribution is 5.86. The summed E-state index contributed by atoms with van der Waals surface area (Å²) in [6.45, 7) is 3.47. The van der Waals surface area contributed by atoms with Gasteiger partial charge in [0.05, 0.1) is 12.3 Å². The Hall–Kier alpha value is -2.50. The molecule has 0 aliphatic heterocycles. The van der Waals surface area contributed by atoms with E-state index >= 15 is 0 Å². The lowest BCUT2D eigenvalue weighted by atomic mass is 10.3. The van der Waals surface area contributed by atoms with E-state index in [0.29, 0.717) is 11.5 Å². The smallest absolute Gasteiger partial charge is 0.362 e. The maximum absolute atomic E-state index is 12.2. The Balaban J connectivity index is 2.58. The van der Waals surface area contributed by atoms with Crippen molar-refractivity contribution in [1.82, 2.24) is 14.8 Å². The number of hydrogen-bond donors (Lipinski definition) is 0. The minimum atomic E-state index is -0.734. The van der Waals surface area contributed by atoms with Crippen molar-refractivity contribution in [3.63, 3.8) is 0 Å². The molecule has 19 heavy (non-hydrogen) atoms. The number of para-hydroxylation sites is 1. The van der Waals surface area contributed by atoms with Gasteiger partial charge in [0.15, 0.2) is 0 Å². The summed E-state index contributed by atoms with van der Waals surface area (Å²) in [6.07, 6.45) is 0. The minimum absolute atomic E-state index is 0.187. The molecule has 6 nitrogen and oxygen atoms in total. The van der Waals surface area contributed by atoms with Crippen LogP contribution in [0, 0.1) is 6.92 Å². The topological polar surface area (TPSA) is 74.1 Å². The first-order chi connectivity index (χ1) is 9.13. The number of aromatic nitrogens is 3.